The van der Waals surface area contributed by atoms with Gasteiger partial charge in [0.25, 0.3) is 0 Å². The number of aryl methyl sites for hydroxylation is 1. The van der Waals surface area contributed by atoms with Crippen LogP contribution < -0.4 is 4.90 Å². The zero-order chi connectivity index (χ0) is 14.0. The van der Waals surface area contributed by atoms with Gasteiger partial charge < -0.3 is 14.7 Å². The molecule has 0 radical (unpaired) electrons. The van der Waals surface area contributed by atoms with Crippen LogP contribution in [0.15, 0.2) is 6.07 Å². The van der Waals surface area contributed by atoms with E-state index in [1.807, 2.05) is 13.0 Å². The van der Waals surface area contributed by atoms with Crippen LogP contribution in [0.3, 0.4) is 0 Å². The topological polar surface area (TPSA) is 75.5 Å². The average Bonchev–Trinajstić information content (AvgIpc) is 2.86. The summed E-state index contributed by atoms with van der Waals surface area (Å²) in [5.74, 6) is 0.516. The normalized spacial score (nSPS) is 20.4. The lowest BCUT2D eigenvalue weighted by molar-refractivity contribution is 0.0586. The first kappa shape index (κ1) is 13.7. The summed E-state index contributed by atoms with van der Waals surface area (Å²) in [5.41, 5.74) is 0.728. The molecule has 6 nitrogen and oxygen atoms in total. The van der Waals surface area contributed by atoms with E-state index in [9.17, 15) is 9.90 Å². The fourth-order valence-electron chi connectivity index (χ4n) is 2.29. The number of ether oxygens (including phenoxy) is 1. The van der Waals surface area contributed by atoms with Crippen LogP contribution in [0.4, 0.5) is 5.82 Å². The molecule has 19 heavy (non-hydrogen) atoms. The number of rotatable bonds is 3. The first-order valence-corrected chi connectivity index (χ1v) is 6.38. The smallest absolute Gasteiger partial charge is 0.376 e. The number of aromatic nitrogens is 2. The van der Waals surface area contributed by atoms with Crippen molar-refractivity contribution in [1.82, 2.24) is 9.97 Å². The minimum Gasteiger partial charge on any atom is -0.463 e. The van der Waals surface area contributed by atoms with Crippen LogP contribution in [0.25, 0.3) is 0 Å². The molecule has 0 spiro atoms. The molecule has 1 aromatic rings. The number of anilines is 1. The molecule has 1 saturated heterocycles. The highest BCUT2D eigenvalue weighted by Crippen LogP contribution is 2.24. The molecule has 0 amide bonds. The van der Waals surface area contributed by atoms with E-state index in [0.717, 1.165) is 31.0 Å². The molecular formula is C13H19N3O3. The van der Waals surface area contributed by atoms with Crippen LogP contribution in [-0.2, 0) is 4.74 Å². The monoisotopic (exact) mass is 265 g/mol. The maximum atomic E-state index is 11.5. The number of methoxy groups -OCH3 is 1. The third-order valence-electron chi connectivity index (χ3n) is 3.44. The second kappa shape index (κ2) is 5.52. The molecule has 0 aliphatic carbocycles. The van der Waals surface area contributed by atoms with Gasteiger partial charge in [-0.1, -0.05) is 0 Å². The van der Waals surface area contributed by atoms with Gasteiger partial charge in [0.05, 0.1) is 13.2 Å². The van der Waals surface area contributed by atoms with Gasteiger partial charge in [-0.05, 0) is 20.3 Å². The van der Waals surface area contributed by atoms with Crippen molar-refractivity contribution in [2.45, 2.75) is 26.4 Å². The molecule has 0 aromatic carbocycles. The van der Waals surface area contributed by atoms with Crippen molar-refractivity contribution in [1.29, 1.82) is 0 Å². The fourth-order valence-corrected chi connectivity index (χ4v) is 2.29. The zero-order valence-corrected chi connectivity index (χ0v) is 11.5. The zero-order valence-electron chi connectivity index (χ0n) is 11.5. The van der Waals surface area contributed by atoms with Gasteiger partial charge in [-0.25, -0.2) is 14.8 Å². The Morgan fingerprint density at radius 1 is 1.58 bits per heavy atom. The highest BCUT2D eigenvalue weighted by molar-refractivity contribution is 5.85. The molecule has 6 heteroatoms. The largest absolute Gasteiger partial charge is 0.463 e. The molecule has 2 heterocycles. The maximum absolute atomic E-state index is 11.5. The van der Waals surface area contributed by atoms with E-state index < -0.39 is 5.97 Å². The van der Waals surface area contributed by atoms with Gasteiger partial charge in [0.1, 0.15) is 5.82 Å². The van der Waals surface area contributed by atoms with E-state index in [2.05, 4.69) is 19.6 Å². The maximum Gasteiger partial charge on any atom is 0.376 e. The van der Waals surface area contributed by atoms with Crippen LogP contribution in [0, 0.1) is 12.8 Å². The second-order valence-electron chi connectivity index (χ2n) is 4.92. The summed E-state index contributed by atoms with van der Waals surface area (Å²) in [6, 6.07) is 1.84. The number of hydrogen-bond acceptors (Lipinski definition) is 6. The Balaban J connectivity index is 2.21. The molecule has 1 N–H and O–H groups in total. The number of aliphatic hydroxyl groups is 1. The van der Waals surface area contributed by atoms with Crippen molar-refractivity contribution >= 4 is 11.8 Å². The lowest BCUT2D eigenvalue weighted by atomic mass is 10.0. The summed E-state index contributed by atoms with van der Waals surface area (Å²) < 4.78 is 4.65. The molecule has 104 valence electrons. The highest BCUT2D eigenvalue weighted by atomic mass is 16.5. The SMILES string of the molecule is COC(=O)c1nc(C)cc(N2CCC(C(C)O)C2)n1. The minimum atomic E-state index is -0.531. The predicted octanol–water partition coefficient (Wildman–Crippen LogP) is 0.779. The Morgan fingerprint density at radius 2 is 2.32 bits per heavy atom. The van der Waals surface area contributed by atoms with E-state index in [4.69, 9.17) is 0 Å². The summed E-state index contributed by atoms with van der Waals surface area (Å²) in [4.78, 5) is 21.9. The summed E-state index contributed by atoms with van der Waals surface area (Å²) in [7, 11) is 1.31. The van der Waals surface area contributed by atoms with Crippen molar-refractivity contribution < 1.29 is 14.6 Å². The number of hydrogen-bond donors (Lipinski definition) is 1. The van der Waals surface area contributed by atoms with E-state index in [0.29, 0.717) is 0 Å². The third-order valence-corrected chi connectivity index (χ3v) is 3.44. The third kappa shape index (κ3) is 3.01. The quantitative estimate of drug-likeness (QED) is 0.814. The van der Waals surface area contributed by atoms with Gasteiger partial charge in [-0.3, -0.25) is 0 Å². The highest BCUT2D eigenvalue weighted by Gasteiger charge is 2.27. The van der Waals surface area contributed by atoms with E-state index in [1.165, 1.54) is 7.11 Å². The van der Waals surface area contributed by atoms with Gasteiger partial charge in [0.2, 0.25) is 5.82 Å². The summed E-state index contributed by atoms with van der Waals surface area (Å²) in [5, 5.41) is 9.62. The van der Waals surface area contributed by atoms with Gasteiger partial charge >= 0.3 is 5.97 Å². The summed E-state index contributed by atoms with van der Waals surface area (Å²) in [6.45, 7) is 5.19. The van der Waals surface area contributed by atoms with Gasteiger partial charge in [-0.2, -0.15) is 0 Å². The van der Waals surface area contributed by atoms with Crippen molar-refractivity contribution in [3.05, 3.63) is 17.6 Å². The molecule has 1 aliphatic heterocycles. The van der Waals surface area contributed by atoms with Crippen LogP contribution in [-0.4, -0.2) is 47.3 Å². The van der Waals surface area contributed by atoms with E-state index in [-0.39, 0.29) is 17.8 Å². The van der Waals surface area contributed by atoms with Crippen molar-refractivity contribution in [2.75, 3.05) is 25.1 Å². The lowest BCUT2D eigenvalue weighted by Gasteiger charge is -2.19. The van der Waals surface area contributed by atoms with E-state index >= 15 is 0 Å². The Morgan fingerprint density at radius 3 is 2.89 bits per heavy atom. The standard InChI is InChI=1S/C13H19N3O3/c1-8-6-11(15-12(14-8)13(18)19-3)16-5-4-10(7-16)9(2)17/h6,9-10,17H,4-5,7H2,1-3H3. The number of nitrogens with zero attached hydrogens (tertiary/aromatic N) is 3. The molecule has 1 fully saturated rings. The Hall–Kier alpha value is -1.69. The summed E-state index contributed by atoms with van der Waals surface area (Å²) >= 11 is 0. The first-order chi connectivity index (χ1) is 9.01. The molecule has 2 atom stereocenters. The second-order valence-corrected chi connectivity index (χ2v) is 4.92. The van der Waals surface area contributed by atoms with E-state index in [1.54, 1.807) is 6.92 Å². The number of esters is 1. The van der Waals surface area contributed by atoms with Crippen LogP contribution in [0.5, 0.6) is 0 Å². The Bertz CT molecular complexity index is 476. The van der Waals surface area contributed by atoms with Crippen molar-refractivity contribution in [3.8, 4) is 0 Å². The first-order valence-electron chi connectivity index (χ1n) is 6.38. The molecule has 1 aliphatic rings. The molecule has 0 saturated carbocycles. The van der Waals surface area contributed by atoms with Gasteiger partial charge in [-0.15, -0.1) is 0 Å². The fraction of sp³-hybridized carbons (Fsp3) is 0.615. The van der Waals surface area contributed by atoms with Crippen molar-refractivity contribution in [3.63, 3.8) is 0 Å². The van der Waals surface area contributed by atoms with Gasteiger partial charge in [0, 0.05) is 30.8 Å². The van der Waals surface area contributed by atoms with Crippen LogP contribution in [0.2, 0.25) is 0 Å². The van der Waals surface area contributed by atoms with Crippen molar-refractivity contribution in [2.24, 2.45) is 5.92 Å². The van der Waals surface area contributed by atoms with Gasteiger partial charge in [0.15, 0.2) is 0 Å². The molecule has 2 rings (SSSR count). The lowest BCUT2D eigenvalue weighted by Crippen LogP contribution is -2.25. The molecule has 1 aromatic heterocycles. The number of carbonyl (C=O) groups excluding carboxylic acids is 1. The predicted molar refractivity (Wildman–Crippen MR) is 70.1 cm³/mol. The number of carbonyl (C=O) groups is 1. The summed E-state index contributed by atoms with van der Waals surface area (Å²) in [6.07, 6.45) is 0.599. The average molecular weight is 265 g/mol. The minimum absolute atomic E-state index is 0.0815. The Labute approximate surface area is 112 Å². The Kier molecular flexibility index (Phi) is 3.99. The van der Waals surface area contributed by atoms with Crippen LogP contribution in [0.1, 0.15) is 29.7 Å². The van der Waals surface area contributed by atoms with Crippen LogP contribution >= 0.6 is 0 Å². The molecule has 2 unspecified atom stereocenters. The molecular weight excluding hydrogens is 246 g/mol. The number of aliphatic hydroxyl groups excluding tert-OH is 1. The molecule has 0 bridgehead atoms.